The molecular weight excluding hydrogens is 390 g/mol. The van der Waals surface area contributed by atoms with Crippen molar-refractivity contribution in [2.75, 3.05) is 24.6 Å². The van der Waals surface area contributed by atoms with Gasteiger partial charge in [0, 0.05) is 6.07 Å². The van der Waals surface area contributed by atoms with Crippen LogP contribution in [0, 0.1) is 0 Å². The molecule has 29 heavy (non-hydrogen) atoms. The molecule has 1 heterocycles. The summed E-state index contributed by atoms with van der Waals surface area (Å²) in [6.45, 7) is 1.04. The number of methoxy groups -OCH3 is 1. The van der Waals surface area contributed by atoms with Gasteiger partial charge < -0.3 is 14.2 Å². The second-order valence-corrected chi connectivity index (χ2v) is 8.36. The normalized spacial score (nSPS) is 13.0. The SMILES string of the molecule is COc1ccc(N(Cc2ccccc2)S(=O)(=O)c2ccc3c(c2)OCCO3)cc1. The molecule has 0 aromatic heterocycles. The third-order valence-electron chi connectivity index (χ3n) is 4.63. The third-order valence-corrected chi connectivity index (χ3v) is 6.40. The number of rotatable bonds is 6. The lowest BCUT2D eigenvalue weighted by Crippen LogP contribution is -2.30. The van der Waals surface area contributed by atoms with Gasteiger partial charge in [0.1, 0.15) is 19.0 Å². The molecule has 0 atom stereocenters. The molecule has 0 saturated heterocycles. The molecule has 0 aliphatic carbocycles. The maximum Gasteiger partial charge on any atom is 0.264 e. The minimum Gasteiger partial charge on any atom is -0.497 e. The maximum absolute atomic E-state index is 13.6. The van der Waals surface area contributed by atoms with Gasteiger partial charge in [-0.05, 0) is 42.0 Å². The smallest absolute Gasteiger partial charge is 0.264 e. The quantitative estimate of drug-likeness (QED) is 0.616. The van der Waals surface area contributed by atoms with E-state index in [9.17, 15) is 8.42 Å². The topological polar surface area (TPSA) is 65.1 Å². The Hall–Kier alpha value is -3.19. The van der Waals surface area contributed by atoms with Crippen LogP contribution in [0.15, 0.2) is 77.7 Å². The second-order valence-electron chi connectivity index (χ2n) is 6.50. The van der Waals surface area contributed by atoms with Crippen molar-refractivity contribution in [3.8, 4) is 17.2 Å². The highest BCUT2D eigenvalue weighted by Crippen LogP contribution is 2.35. The van der Waals surface area contributed by atoms with Crippen LogP contribution in [0.1, 0.15) is 5.56 Å². The van der Waals surface area contributed by atoms with Gasteiger partial charge in [-0.1, -0.05) is 30.3 Å². The Balaban J connectivity index is 1.76. The third kappa shape index (κ3) is 4.00. The highest BCUT2D eigenvalue weighted by atomic mass is 32.2. The molecule has 6 nitrogen and oxygen atoms in total. The minimum atomic E-state index is -3.85. The summed E-state index contributed by atoms with van der Waals surface area (Å²) in [5, 5.41) is 0. The fourth-order valence-corrected chi connectivity index (χ4v) is 4.59. The Morgan fingerprint density at radius 1 is 0.897 bits per heavy atom. The number of ether oxygens (including phenoxy) is 3. The number of anilines is 1. The van der Waals surface area contributed by atoms with Crippen molar-refractivity contribution in [2.45, 2.75) is 11.4 Å². The van der Waals surface area contributed by atoms with Crippen LogP contribution in [0.3, 0.4) is 0 Å². The Labute approximate surface area is 170 Å². The van der Waals surface area contributed by atoms with Crippen LogP contribution in [0.25, 0.3) is 0 Å². The molecular formula is C22H21NO5S. The van der Waals surface area contributed by atoms with Gasteiger partial charge >= 0.3 is 0 Å². The van der Waals surface area contributed by atoms with Gasteiger partial charge in [-0.25, -0.2) is 8.42 Å². The van der Waals surface area contributed by atoms with Crippen molar-refractivity contribution in [3.05, 3.63) is 78.4 Å². The lowest BCUT2D eigenvalue weighted by Gasteiger charge is -2.26. The standard InChI is InChI=1S/C22H21NO5S/c1-26-19-9-7-18(8-10-19)23(16-17-5-3-2-4-6-17)29(24,25)20-11-12-21-22(15-20)28-14-13-27-21/h2-12,15H,13-14,16H2,1H3. The summed E-state index contributed by atoms with van der Waals surface area (Å²) in [6.07, 6.45) is 0. The number of fused-ring (bicyclic) bond motifs is 1. The van der Waals surface area contributed by atoms with Gasteiger partial charge in [0.15, 0.2) is 11.5 Å². The average molecular weight is 411 g/mol. The monoisotopic (exact) mass is 411 g/mol. The highest BCUT2D eigenvalue weighted by molar-refractivity contribution is 7.92. The van der Waals surface area contributed by atoms with Crippen LogP contribution in [0.5, 0.6) is 17.2 Å². The summed E-state index contributed by atoms with van der Waals surface area (Å²) in [5.74, 6) is 1.64. The van der Waals surface area contributed by atoms with Crippen LogP contribution in [-0.4, -0.2) is 28.7 Å². The van der Waals surface area contributed by atoms with Crippen LogP contribution >= 0.6 is 0 Å². The predicted octanol–water partition coefficient (Wildman–Crippen LogP) is 3.86. The molecule has 3 aromatic rings. The van der Waals surface area contributed by atoms with Crippen molar-refractivity contribution in [2.24, 2.45) is 0 Å². The first-order chi connectivity index (χ1) is 14.1. The first kappa shape index (κ1) is 19.1. The van der Waals surface area contributed by atoms with Gasteiger partial charge in [0.2, 0.25) is 0 Å². The number of hydrogen-bond donors (Lipinski definition) is 0. The molecule has 0 unspecified atom stereocenters. The summed E-state index contributed by atoms with van der Waals surface area (Å²) in [5.41, 5.74) is 1.42. The van der Waals surface area contributed by atoms with E-state index in [1.54, 1.807) is 43.5 Å². The number of hydrogen-bond acceptors (Lipinski definition) is 5. The summed E-state index contributed by atoms with van der Waals surface area (Å²) in [4.78, 5) is 0.147. The van der Waals surface area contributed by atoms with E-state index in [4.69, 9.17) is 14.2 Å². The lowest BCUT2D eigenvalue weighted by molar-refractivity contribution is 0.171. The first-order valence-corrected chi connectivity index (χ1v) is 10.6. The van der Waals surface area contributed by atoms with Gasteiger partial charge in [0.25, 0.3) is 10.0 Å². The molecule has 4 rings (SSSR count). The zero-order chi connectivity index (χ0) is 20.3. The van der Waals surface area contributed by atoms with E-state index in [0.717, 1.165) is 5.56 Å². The lowest BCUT2D eigenvalue weighted by atomic mass is 10.2. The highest BCUT2D eigenvalue weighted by Gasteiger charge is 2.27. The van der Waals surface area contributed by atoms with Gasteiger partial charge in [-0.2, -0.15) is 0 Å². The van der Waals surface area contributed by atoms with E-state index >= 15 is 0 Å². The summed E-state index contributed by atoms with van der Waals surface area (Å²) in [6, 6.07) is 21.1. The van der Waals surface area contributed by atoms with Crippen LogP contribution in [-0.2, 0) is 16.6 Å². The van der Waals surface area contributed by atoms with Crippen molar-refractivity contribution in [3.63, 3.8) is 0 Å². The fraction of sp³-hybridized carbons (Fsp3) is 0.182. The van der Waals surface area contributed by atoms with Crippen LogP contribution < -0.4 is 18.5 Å². The summed E-state index contributed by atoms with van der Waals surface area (Å²) in [7, 11) is -2.28. The fourth-order valence-electron chi connectivity index (χ4n) is 3.12. The molecule has 7 heteroatoms. The molecule has 150 valence electrons. The number of sulfonamides is 1. The summed E-state index contributed by atoms with van der Waals surface area (Å²) >= 11 is 0. The Bertz CT molecular complexity index is 1080. The van der Waals surface area contributed by atoms with E-state index in [1.165, 1.54) is 10.4 Å². The molecule has 1 aliphatic heterocycles. The van der Waals surface area contributed by atoms with Crippen molar-refractivity contribution in [1.82, 2.24) is 0 Å². The van der Waals surface area contributed by atoms with E-state index in [1.807, 2.05) is 30.3 Å². The zero-order valence-electron chi connectivity index (χ0n) is 15.9. The Morgan fingerprint density at radius 2 is 1.59 bits per heavy atom. The van der Waals surface area contributed by atoms with Gasteiger partial charge in [0.05, 0.1) is 24.2 Å². The van der Waals surface area contributed by atoms with Crippen LogP contribution in [0.4, 0.5) is 5.69 Å². The number of nitrogens with zero attached hydrogens (tertiary/aromatic N) is 1. The van der Waals surface area contributed by atoms with E-state index in [0.29, 0.717) is 36.1 Å². The molecule has 0 amide bonds. The molecule has 0 fully saturated rings. The Kier molecular flexibility index (Phi) is 5.31. The summed E-state index contributed by atoms with van der Waals surface area (Å²) < 4.78 is 44.8. The zero-order valence-corrected chi connectivity index (χ0v) is 16.8. The molecule has 0 radical (unpaired) electrons. The van der Waals surface area contributed by atoms with E-state index in [-0.39, 0.29) is 11.4 Å². The molecule has 3 aromatic carbocycles. The molecule has 0 spiro atoms. The number of benzene rings is 3. The molecule has 0 N–H and O–H groups in total. The largest absolute Gasteiger partial charge is 0.497 e. The van der Waals surface area contributed by atoms with E-state index < -0.39 is 10.0 Å². The minimum absolute atomic E-state index is 0.147. The average Bonchev–Trinajstić information content (AvgIpc) is 2.78. The predicted molar refractivity (Wildman–Crippen MR) is 110 cm³/mol. The molecule has 0 bridgehead atoms. The Morgan fingerprint density at radius 3 is 2.28 bits per heavy atom. The first-order valence-electron chi connectivity index (χ1n) is 9.18. The molecule has 0 saturated carbocycles. The maximum atomic E-state index is 13.6. The van der Waals surface area contributed by atoms with Crippen molar-refractivity contribution >= 4 is 15.7 Å². The van der Waals surface area contributed by atoms with Crippen molar-refractivity contribution in [1.29, 1.82) is 0 Å². The van der Waals surface area contributed by atoms with Gasteiger partial charge in [-0.15, -0.1) is 0 Å². The second kappa shape index (κ2) is 8.05. The molecule has 1 aliphatic rings. The van der Waals surface area contributed by atoms with Crippen molar-refractivity contribution < 1.29 is 22.6 Å². The van der Waals surface area contributed by atoms with Crippen LogP contribution in [0.2, 0.25) is 0 Å². The van der Waals surface area contributed by atoms with E-state index in [2.05, 4.69) is 0 Å². The van der Waals surface area contributed by atoms with Gasteiger partial charge in [-0.3, -0.25) is 4.31 Å².